The maximum absolute atomic E-state index is 13.0. The molecule has 15 heteroatoms. The Hall–Kier alpha value is -2.46. The first kappa shape index (κ1) is 39.0. The molecule has 0 saturated heterocycles. The van der Waals surface area contributed by atoms with E-state index in [-0.39, 0.29) is 13.1 Å². The van der Waals surface area contributed by atoms with Crippen LogP contribution in [0.15, 0.2) is 31.8 Å². The fraction of sp³-hybridized carbons (Fsp3) is 0.500. The number of ether oxygens (including phenoxy) is 3. The number of hydrogen-bond donors (Lipinski definition) is 1. The van der Waals surface area contributed by atoms with Gasteiger partial charge in [0.1, 0.15) is 16.8 Å². The predicted molar refractivity (Wildman–Crippen MR) is 194 cm³/mol. The first-order chi connectivity index (χ1) is 21.5. The quantitative estimate of drug-likeness (QED) is 0.223. The normalized spacial score (nSPS) is 12.1. The molecule has 0 aliphatic carbocycles. The van der Waals surface area contributed by atoms with Crippen LogP contribution in [-0.4, -0.2) is 69.2 Å². The van der Waals surface area contributed by atoms with Crippen molar-refractivity contribution in [2.45, 2.75) is 92.0 Å². The minimum Gasteiger partial charge on any atom is -0.465 e. The highest BCUT2D eigenvalue weighted by Crippen LogP contribution is 2.45. The number of nitrogens with zero attached hydrogens (tertiary/aromatic N) is 2. The molecule has 3 rings (SSSR count). The lowest BCUT2D eigenvalue weighted by molar-refractivity contribution is 0.00156. The van der Waals surface area contributed by atoms with Crippen molar-refractivity contribution in [1.82, 2.24) is 9.80 Å². The summed E-state index contributed by atoms with van der Waals surface area (Å²) in [5.41, 5.74) is -0.580. The summed E-state index contributed by atoms with van der Waals surface area (Å²) < 4.78 is 18.1. The number of rotatable bonds is 8. The number of imide groups is 2. The Morgan fingerprint density at radius 2 is 0.979 bits per heavy atom. The lowest BCUT2D eigenvalue weighted by atomic mass is 10.1. The van der Waals surface area contributed by atoms with E-state index in [1.54, 1.807) is 85.0 Å². The number of halogens is 2. The van der Waals surface area contributed by atoms with Crippen LogP contribution >= 0.6 is 65.9 Å². The van der Waals surface area contributed by atoms with E-state index < -0.39 is 41.2 Å². The summed E-state index contributed by atoms with van der Waals surface area (Å²) in [4.78, 5) is 56.0. The van der Waals surface area contributed by atoms with Crippen molar-refractivity contribution >= 4 is 90.2 Å². The molecule has 0 aliphatic heterocycles. The highest BCUT2D eigenvalue weighted by molar-refractivity contribution is 9.11. The molecule has 0 aromatic carbocycles. The SMILES string of the molecule is CC(C)(C)OC(=O)N(CCc1cc(Br)sc1-c1ccc(-c2sc(Br)cc2CCN(C(=O)OC(C)(C)C)C(=O)OC(C)(C)C)s1)C(=O)O. The van der Waals surface area contributed by atoms with Gasteiger partial charge < -0.3 is 19.3 Å². The Bertz CT molecular complexity index is 1580. The van der Waals surface area contributed by atoms with Crippen LogP contribution in [0.4, 0.5) is 19.2 Å². The number of carbonyl (C=O) groups excluding carboxylic acids is 3. The number of carbonyl (C=O) groups is 4. The average molecular weight is 837 g/mol. The zero-order chi connectivity index (χ0) is 35.5. The summed E-state index contributed by atoms with van der Waals surface area (Å²) in [5.74, 6) is 0. The average Bonchev–Trinajstić information content (AvgIpc) is 3.59. The van der Waals surface area contributed by atoms with Gasteiger partial charge in [0.25, 0.3) is 0 Å². The summed E-state index contributed by atoms with van der Waals surface area (Å²) >= 11 is 11.8. The monoisotopic (exact) mass is 834 g/mol. The van der Waals surface area contributed by atoms with Crippen LogP contribution < -0.4 is 0 Å². The van der Waals surface area contributed by atoms with Crippen LogP contribution in [-0.2, 0) is 27.1 Å². The van der Waals surface area contributed by atoms with Gasteiger partial charge in [0.15, 0.2) is 0 Å². The summed E-state index contributed by atoms with van der Waals surface area (Å²) in [6.07, 6.45) is -3.16. The molecule has 0 aliphatic rings. The van der Waals surface area contributed by atoms with Gasteiger partial charge in [-0.3, -0.25) is 0 Å². The third-order valence-electron chi connectivity index (χ3n) is 5.89. The summed E-state index contributed by atoms with van der Waals surface area (Å²) in [7, 11) is 0. The molecule has 0 spiro atoms. The van der Waals surface area contributed by atoms with Gasteiger partial charge >= 0.3 is 24.4 Å². The van der Waals surface area contributed by atoms with Gasteiger partial charge in [0, 0.05) is 32.6 Å². The molecular weight excluding hydrogens is 796 g/mol. The lowest BCUT2D eigenvalue weighted by Gasteiger charge is -2.28. The summed E-state index contributed by atoms with van der Waals surface area (Å²) in [6.45, 7) is 15.5. The van der Waals surface area contributed by atoms with E-state index in [2.05, 4.69) is 31.9 Å². The minimum atomic E-state index is -1.37. The van der Waals surface area contributed by atoms with E-state index in [0.717, 1.165) is 43.1 Å². The second-order valence-corrected chi connectivity index (χ2v) is 19.4. The Morgan fingerprint density at radius 3 is 1.32 bits per heavy atom. The van der Waals surface area contributed by atoms with Crippen LogP contribution in [0.1, 0.15) is 73.4 Å². The van der Waals surface area contributed by atoms with Crippen molar-refractivity contribution in [2.75, 3.05) is 13.1 Å². The molecule has 3 heterocycles. The van der Waals surface area contributed by atoms with E-state index >= 15 is 0 Å². The lowest BCUT2D eigenvalue weighted by Crippen LogP contribution is -2.44. The van der Waals surface area contributed by atoms with Crippen molar-refractivity contribution < 1.29 is 38.5 Å². The molecule has 10 nitrogen and oxygen atoms in total. The van der Waals surface area contributed by atoms with Gasteiger partial charge in [-0.1, -0.05) is 0 Å². The molecule has 0 saturated carbocycles. The first-order valence-electron chi connectivity index (χ1n) is 14.7. The molecule has 3 aromatic heterocycles. The van der Waals surface area contributed by atoms with Gasteiger partial charge in [0.05, 0.1) is 7.57 Å². The third kappa shape index (κ3) is 11.9. The van der Waals surface area contributed by atoms with Crippen LogP contribution in [0, 0.1) is 0 Å². The Kier molecular flexibility index (Phi) is 12.8. The second kappa shape index (κ2) is 15.4. The van der Waals surface area contributed by atoms with Crippen molar-refractivity contribution in [3.05, 3.63) is 43.0 Å². The van der Waals surface area contributed by atoms with E-state index in [1.165, 1.54) is 11.3 Å². The highest BCUT2D eigenvalue weighted by atomic mass is 79.9. The van der Waals surface area contributed by atoms with Crippen molar-refractivity contribution in [3.8, 4) is 19.5 Å². The standard InChI is InChI=1S/C32H40Br2N2O8S3/c1-30(2,3)42-27(39)35(26(37)38)14-12-18-16-22(33)46-24(18)20-10-11-21(45-20)25-19(17-23(34)47-25)13-15-36(28(40)43-31(4,5)6)29(41)44-32(7,8)9/h10-11,16-17H,12-15H2,1-9H3,(H,37,38). The Balaban J connectivity index is 1.84. The van der Waals surface area contributed by atoms with Crippen molar-refractivity contribution in [1.29, 1.82) is 0 Å². The molecule has 0 unspecified atom stereocenters. The number of amides is 4. The zero-order valence-electron chi connectivity index (χ0n) is 27.8. The van der Waals surface area contributed by atoms with E-state index in [1.807, 2.05) is 24.3 Å². The van der Waals surface area contributed by atoms with Gasteiger partial charge in [0.2, 0.25) is 0 Å². The smallest absolute Gasteiger partial charge is 0.419 e. The molecular formula is C32H40Br2N2O8S3. The van der Waals surface area contributed by atoms with Crippen LogP contribution in [0.25, 0.3) is 19.5 Å². The third-order valence-corrected chi connectivity index (χ3v) is 10.7. The van der Waals surface area contributed by atoms with Crippen molar-refractivity contribution in [2.24, 2.45) is 0 Å². The minimum absolute atomic E-state index is 0.0535. The summed E-state index contributed by atoms with van der Waals surface area (Å²) in [5, 5.41) is 9.67. The van der Waals surface area contributed by atoms with E-state index in [4.69, 9.17) is 14.2 Å². The number of carboxylic acid groups (broad SMARTS) is 1. The molecule has 47 heavy (non-hydrogen) atoms. The zero-order valence-corrected chi connectivity index (χ0v) is 33.4. The fourth-order valence-corrected chi connectivity index (χ4v) is 8.79. The molecule has 0 fully saturated rings. The molecule has 3 aromatic rings. The van der Waals surface area contributed by atoms with Crippen LogP contribution in [0.3, 0.4) is 0 Å². The second-order valence-electron chi connectivity index (χ2n) is 13.5. The van der Waals surface area contributed by atoms with Crippen LogP contribution in [0.5, 0.6) is 0 Å². The van der Waals surface area contributed by atoms with E-state index in [9.17, 15) is 24.3 Å². The predicted octanol–water partition coefficient (Wildman–Crippen LogP) is 10.9. The number of hydrogen-bond acceptors (Lipinski definition) is 10. The molecule has 0 radical (unpaired) electrons. The highest BCUT2D eigenvalue weighted by Gasteiger charge is 2.32. The molecule has 1 N–H and O–H groups in total. The molecule has 258 valence electrons. The maximum atomic E-state index is 13.0. The van der Waals surface area contributed by atoms with Gasteiger partial charge in [-0.2, -0.15) is 0 Å². The van der Waals surface area contributed by atoms with Crippen molar-refractivity contribution in [3.63, 3.8) is 0 Å². The van der Waals surface area contributed by atoms with Crippen LogP contribution in [0.2, 0.25) is 0 Å². The Morgan fingerprint density at radius 1 is 0.638 bits per heavy atom. The largest absolute Gasteiger partial charge is 0.465 e. The molecule has 0 bridgehead atoms. The van der Waals surface area contributed by atoms with Gasteiger partial charge in [-0.15, -0.1) is 34.0 Å². The first-order valence-corrected chi connectivity index (χ1v) is 18.7. The summed E-state index contributed by atoms with van der Waals surface area (Å²) in [6, 6.07) is 7.94. The van der Waals surface area contributed by atoms with E-state index in [0.29, 0.717) is 17.7 Å². The van der Waals surface area contributed by atoms with Gasteiger partial charge in [-0.25, -0.2) is 29.0 Å². The topological polar surface area (TPSA) is 123 Å². The number of thiophene rings is 3. The molecule has 4 amide bonds. The fourth-order valence-electron chi connectivity index (χ4n) is 4.10. The van der Waals surface area contributed by atoms with Gasteiger partial charge in [-0.05, 0) is 142 Å². The molecule has 0 atom stereocenters. The Labute approximate surface area is 304 Å². The maximum Gasteiger partial charge on any atom is 0.419 e.